The molecular formula is C58H101NO5. The van der Waals surface area contributed by atoms with E-state index in [2.05, 4.69) is 56.5 Å². The van der Waals surface area contributed by atoms with E-state index in [-0.39, 0.29) is 31.3 Å². The minimum Gasteiger partial charge on any atom is -0.462 e. The van der Waals surface area contributed by atoms with Crippen LogP contribution in [0, 0.1) is 0 Å². The Morgan fingerprint density at radius 3 is 1.31 bits per heavy atom. The monoisotopic (exact) mass is 892 g/mol. The van der Waals surface area contributed by atoms with Crippen LogP contribution >= 0.6 is 0 Å². The minimum absolute atomic E-state index is 0.0275. The van der Waals surface area contributed by atoms with Crippen LogP contribution in [-0.2, 0) is 14.3 Å². The van der Waals surface area contributed by atoms with Gasteiger partial charge >= 0.3 is 5.97 Å². The molecule has 0 aromatic heterocycles. The molecule has 0 aromatic carbocycles. The molecule has 0 radical (unpaired) electrons. The fraction of sp³-hybridized carbons (Fsp3) is 0.724. The van der Waals surface area contributed by atoms with Gasteiger partial charge < -0.3 is 20.3 Å². The molecule has 64 heavy (non-hydrogen) atoms. The zero-order chi connectivity index (χ0) is 46.7. The number of amides is 1. The summed E-state index contributed by atoms with van der Waals surface area (Å²) >= 11 is 0. The van der Waals surface area contributed by atoms with E-state index in [0.29, 0.717) is 19.3 Å². The summed E-state index contributed by atoms with van der Waals surface area (Å²) in [6.07, 6.45) is 66.5. The van der Waals surface area contributed by atoms with Crippen molar-refractivity contribution in [2.45, 2.75) is 264 Å². The first-order chi connectivity index (χ1) is 31.5. The highest BCUT2D eigenvalue weighted by Gasteiger charge is 2.24. The van der Waals surface area contributed by atoms with Crippen LogP contribution in [0.5, 0.6) is 0 Å². The Balaban J connectivity index is 4.70. The Morgan fingerprint density at radius 2 is 0.844 bits per heavy atom. The Bertz CT molecular complexity index is 1230. The summed E-state index contributed by atoms with van der Waals surface area (Å²) in [5.41, 5.74) is 0. The highest BCUT2D eigenvalue weighted by Crippen LogP contribution is 2.17. The number of nitrogens with one attached hydrogen (secondary N) is 1. The fourth-order valence-electron chi connectivity index (χ4n) is 7.80. The van der Waals surface area contributed by atoms with E-state index in [4.69, 9.17) is 4.74 Å². The molecule has 0 fully saturated rings. The van der Waals surface area contributed by atoms with Gasteiger partial charge in [-0.15, -0.1) is 0 Å². The van der Waals surface area contributed by atoms with E-state index >= 15 is 0 Å². The van der Waals surface area contributed by atoms with Crippen molar-refractivity contribution in [1.82, 2.24) is 5.32 Å². The van der Waals surface area contributed by atoms with E-state index in [1.807, 2.05) is 54.7 Å². The lowest BCUT2D eigenvalue weighted by molar-refractivity contribution is -0.151. The van der Waals surface area contributed by atoms with Crippen LogP contribution in [0.15, 0.2) is 85.1 Å². The van der Waals surface area contributed by atoms with Crippen LogP contribution in [-0.4, -0.2) is 46.9 Å². The van der Waals surface area contributed by atoms with Crippen molar-refractivity contribution >= 4 is 11.9 Å². The highest BCUT2D eigenvalue weighted by molar-refractivity contribution is 5.77. The standard InChI is InChI=1S/C58H101NO5/c1-4-7-10-13-16-19-22-25-27-29-32-34-37-40-43-46-49-54(64-58(63)51-48-45-42-39-36-31-24-21-18-15-12-9-6-3)52-57(62)59-55(53-60)56(61)50-47-44-41-38-35-33-30-28-26-23-20-17-14-11-8-5-2/h9,12,15,18,21,24,27,29,31-32,34,36,39,42,54-56,60-61H,4-8,10-11,13-14,16-17,19-20,22-23,25-26,28,30,33,35,37-38,40-41,43-53H2,1-3H3,(H,59,62)/b12-9+,18-15+,24-21-,29-27+,34-32+,36-31-,42-39+. The lowest BCUT2D eigenvalue weighted by atomic mass is 10.0. The number of carbonyl (C=O) groups is 2. The Kier molecular flexibility index (Phi) is 48.7. The summed E-state index contributed by atoms with van der Waals surface area (Å²) in [5.74, 6) is -0.590. The third-order valence-corrected chi connectivity index (χ3v) is 11.9. The SMILES string of the molecule is CC/C=C/C=C/C=C\C=C/C=C/CCCC(=O)OC(CCCCC/C=C/C=C/CCCCCCCCC)CC(=O)NC(CO)C(O)CCCCCCCCCCCCCCCCCC. The lowest BCUT2D eigenvalue weighted by Gasteiger charge is -2.24. The van der Waals surface area contributed by atoms with Crippen molar-refractivity contribution < 1.29 is 24.5 Å². The molecule has 368 valence electrons. The van der Waals surface area contributed by atoms with Gasteiger partial charge in [0.25, 0.3) is 0 Å². The predicted molar refractivity (Wildman–Crippen MR) is 278 cm³/mol. The maximum Gasteiger partial charge on any atom is 0.306 e. The maximum absolute atomic E-state index is 13.2. The van der Waals surface area contributed by atoms with Crippen molar-refractivity contribution in [2.75, 3.05) is 6.61 Å². The fourth-order valence-corrected chi connectivity index (χ4v) is 7.80. The highest BCUT2D eigenvalue weighted by atomic mass is 16.5. The Morgan fingerprint density at radius 1 is 0.469 bits per heavy atom. The first-order valence-electron chi connectivity index (χ1n) is 26.9. The second-order valence-corrected chi connectivity index (χ2v) is 18.0. The van der Waals surface area contributed by atoms with Crippen molar-refractivity contribution in [1.29, 1.82) is 0 Å². The van der Waals surface area contributed by atoms with Gasteiger partial charge in [0.05, 0.1) is 25.2 Å². The van der Waals surface area contributed by atoms with Gasteiger partial charge in [0.2, 0.25) is 5.91 Å². The van der Waals surface area contributed by atoms with E-state index in [9.17, 15) is 19.8 Å². The summed E-state index contributed by atoms with van der Waals surface area (Å²) in [7, 11) is 0. The topological polar surface area (TPSA) is 95.9 Å². The van der Waals surface area contributed by atoms with Gasteiger partial charge in [-0.05, 0) is 64.2 Å². The molecule has 0 aliphatic heterocycles. The van der Waals surface area contributed by atoms with E-state index in [0.717, 1.165) is 64.2 Å². The number of hydrogen-bond acceptors (Lipinski definition) is 5. The second-order valence-electron chi connectivity index (χ2n) is 18.0. The van der Waals surface area contributed by atoms with Crippen LogP contribution in [0.2, 0.25) is 0 Å². The van der Waals surface area contributed by atoms with Crippen LogP contribution < -0.4 is 5.32 Å². The van der Waals surface area contributed by atoms with Crippen LogP contribution in [0.25, 0.3) is 0 Å². The van der Waals surface area contributed by atoms with Gasteiger partial charge in [-0.1, -0.05) is 254 Å². The number of hydrogen-bond donors (Lipinski definition) is 3. The van der Waals surface area contributed by atoms with Crippen LogP contribution in [0.3, 0.4) is 0 Å². The largest absolute Gasteiger partial charge is 0.462 e. The number of allylic oxidation sites excluding steroid dienone is 14. The quantitative estimate of drug-likeness (QED) is 0.0321. The molecule has 6 heteroatoms. The molecule has 0 spiro atoms. The summed E-state index contributed by atoms with van der Waals surface area (Å²) in [5, 5.41) is 23.8. The minimum atomic E-state index is -0.812. The first-order valence-corrected chi connectivity index (χ1v) is 26.9. The molecule has 0 bridgehead atoms. The number of rotatable bonds is 47. The summed E-state index contributed by atoms with van der Waals surface area (Å²) in [6, 6.07) is -0.729. The molecule has 0 aliphatic carbocycles. The molecule has 3 unspecified atom stereocenters. The van der Waals surface area contributed by atoms with E-state index in [1.54, 1.807) is 0 Å². The normalized spacial score (nSPS) is 13.9. The number of unbranched alkanes of at least 4 members (excludes halogenated alkanes) is 26. The van der Waals surface area contributed by atoms with Crippen LogP contribution in [0.4, 0.5) is 0 Å². The molecule has 0 saturated carbocycles. The zero-order valence-electron chi connectivity index (χ0n) is 41.9. The summed E-state index contributed by atoms with van der Waals surface area (Å²) < 4.78 is 5.89. The summed E-state index contributed by atoms with van der Waals surface area (Å²) in [4.78, 5) is 26.1. The molecule has 3 N–H and O–H groups in total. The third-order valence-electron chi connectivity index (χ3n) is 11.9. The number of aliphatic hydroxyl groups excluding tert-OH is 2. The zero-order valence-corrected chi connectivity index (χ0v) is 41.9. The van der Waals surface area contributed by atoms with Crippen molar-refractivity contribution in [2.24, 2.45) is 0 Å². The van der Waals surface area contributed by atoms with Gasteiger partial charge in [0.1, 0.15) is 6.10 Å². The smallest absolute Gasteiger partial charge is 0.306 e. The molecule has 1 amide bonds. The number of ether oxygens (including phenoxy) is 1. The number of aliphatic hydroxyl groups is 2. The summed E-state index contributed by atoms with van der Waals surface area (Å²) in [6.45, 7) is 6.32. The molecule has 0 aromatic rings. The average molecular weight is 892 g/mol. The third kappa shape index (κ3) is 45.6. The molecule has 0 saturated heterocycles. The van der Waals surface area contributed by atoms with E-state index in [1.165, 1.54) is 128 Å². The van der Waals surface area contributed by atoms with Gasteiger partial charge in [-0.25, -0.2) is 0 Å². The Hall–Kier alpha value is -2.96. The van der Waals surface area contributed by atoms with Gasteiger partial charge in [-0.2, -0.15) is 0 Å². The van der Waals surface area contributed by atoms with Crippen LogP contribution in [0.1, 0.15) is 245 Å². The maximum atomic E-state index is 13.2. The lowest BCUT2D eigenvalue weighted by Crippen LogP contribution is -2.46. The number of carbonyl (C=O) groups excluding carboxylic acids is 2. The van der Waals surface area contributed by atoms with E-state index < -0.39 is 18.2 Å². The molecule has 6 nitrogen and oxygen atoms in total. The average Bonchev–Trinajstić information content (AvgIpc) is 3.29. The molecule has 0 heterocycles. The van der Waals surface area contributed by atoms with Gasteiger partial charge in [0, 0.05) is 6.42 Å². The van der Waals surface area contributed by atoms with Gasteiger partial charge in [0.15, 0.2) is 0 Å². The van der Waals surface area contributed by atoms with Crippen molar-refractivity contribution in [3.63, 3.8) is 0 Å². The molecular weight excluding hydrogens is 791 g/mol. The first kappa shape index (κ1) is 61.0. The number of esters is 1. The molecule has 0 aliphatic rings. The second kappa shape index (κ2) is 51.0. The molecule has 0 rings (SSSR count). The van der Waals surface area contributed by atoms with Crippen molar-refractivity contribution in [3.8, 4) is 0 Å². The molecule has 3 atom stereocenters. The van der Waals surface area contributed by atoms with Crippen molar-refractivity contribution in [3.05, 3.63) is 85.1 Å². The Labute approximate surface area is 395 Å². The van der Waals surface area contributed by atoms with Gasteiger partial charge in [-0.3, -0.25) is 9.59 Å². The predicted octanol–water partition coefficient (Wildman–Crippen LogP) is 16.3.